The smallest absolute Gasteiger partial charge is 0.250 e. The van der Waals surface area contributed by atoms with Crippen molar-refractivity contribution in [1.29, 1.82) is 0 Å². The summed E-state index contributed by atoms with van der Waals surface area (Å²) in [5, 5.41) is 9.80. The van der Waals surface area contributed by atoms with Gasteiger partial charge in [0.25, 0.3) is 0 Å². The number of aromatic nitrogens is 2. The molecule has 1 fully saturated rings. The summed E-state index contributed by atoms with van der Waals surface area (Å²) in [5.74, 6) is -0.720. The molecule has 110 valence electrons. The Morgan fingerprint density at radius 2 is 2.25 bits per heavy atom. The van der Waals surface area contributed by atoms with Crippen LogP contribution in [0.2, 0.25) is 0 Å². The first-order valence-corrected chi connectivity index (χ1v) is 6.56. The van der Waals surface area contributed by atoms with E-state index in [1.165, 1.54) is 10.9 Å². The van der Waals surface area contributed by atoms with Gasteiger partial charge in [0, 0.05) is 6.20 Å². The van der Waals surface area contributed by atoms with E-state index in [1.807, 2.05) is 0 Å². The predicted octanol–water partition coefficient (Wildman–Crippen LogP) is -0.924. The number of ether oxygens (including phenoxy) is 1. The molecule has 1 aliphatic rings. The molecule has 0 atom stereocenters. The average molecular weight is 281 g/mol. The van der Waals surface area contributed by atoms with Crippen LogP contribution < -0.4 is 16.4 Å². The number of rotatable bonds is 6. The zero-order valence-corrected chi connectivity index (χ0v) is 11.2. The molecular weight excluding hydrogens is 262 g/mol. The molecule has 4 N–H and O–H groups in total. The van der Waals surface area contributed by atoms with E-state index in [-0.39, 0.29) is 25.2 Å². The second kappa shape index (κ2) is 7.01. The first kappa shape index (κ1) is 14.5. The zero-order chi connectivity index (χ0) is 14.4. The molecule has 0 spiro atoms. The fraction of sp³-hybridized carbons (Fsp3) is 0.583. The lowest BCUT2D eigenvalue weighted by molar-refractivity contribution is -0.123. The van der Waals surface area contributed by atoms with E-state index in [0.717, 1.165) is 25.9 Å². The summed E-state index contributed by atoms with van der Waals surface area (Å²) in [5.41, 5.74) is 5.57. The van der Waals surface area contributed by atoms with Gasteiger partial charge in [0.1, 0.15) is 13.2 Å². The maximum absolute atomic E-state index is 11.7. The molecule has 2 rings (SSSR count). The van der Waals surface area contributed by atoms with Crippen LogP contribution in [0.3, 0.4) is 0 Å². The quantitative estimate of drug-likeness (QED) is 0.624. The van der Waals surface area contributed by atoms with E-state index >= 15 is 0 Å². The van der Waals surface area contributed by atoms with Gasteiger partial charge in [-0.1, -0.05) is 0 Å². The molecule has 20 heavy (non-hydrogen) atoms. The fourth-order valence-corrected chi connectivity index (χ4v) is 2.03. The number of amides is 2. The van der Waals surface area contributed by atoms with E-state index in [4.69, 9.17) is 10.5 Å². The molecule has 2 amide bonds. The van der Waals surface area contributed by atoms with E-state index in [9.17, 15) is 9.59 Å². The van der Waals surface area contributed by atoms with Crippen LogP contribution in [0.15, 0.2) is 12.4 Å². The molecule has 0 saturated carbocycles. The first-order chi connectivity index (χ1) is 9.63. The van der Waals surface area contributed by atoms with E-state index < -0.39 is 5.91 Å². The summed E-state index contributed by atoms with van der Waals surface area (Å²) in [7, 11) is 0. The molecule has 8 nitrogen and oxygen atoms in total. The van der Waals surface area contributed by atoms with Crippen molar-refractivity contribution >= 4 is 17.5 Å². The van der Waals surface area contributed by atoms with Crippen molar-refractivity contribution in [2.75, 3.05) is 25.0 Å². The number of primary amides is 1. The second-order valence-electron chi connectivity index (χ2n) is 4.70. The summed E-state index contributed by atoms with van der Waals surface area (Å²) >= 11 is 0. The number of hydrogen-bond donors (Lipinski definition) is 3. The first-order valence-electron chi connectivity index (χ1n) is 6.56. The minimum absolute atomic E-state index is 0.0125. The van der Waals surface area contributed by atoms with Gasteiger partial charge < -0.3 is 21.1 Å². The molecule has 0 unspecified atom stereocenters. The maximum Gasteiger partial charge on any atom is 0.250 e. The Kier molecular flexibility index (Phi) is 5.08. The summed E-state index contributed by atoms with van der Waals surface area (Å²) in [6.07, 6.45) is 4.99. The summed E-state index contributed by atoms with van der Waals surface area (Å²) < 4.78 is 6.90. The largest absolute Gasteiger partial charge is 0.368 e. The Morgan fingerprint density at radius 1 is 1.50 bits per heavy atom. The van der Waals surface area contributed by atoms with Crippen LogP contribution in [-0.4, -0.2) is 47.4 Å². The van der Waals surface area contributed by atoms with Gasteiger partial charge in [-0.25, -0.2) is 0 Å². The summed E-state index contributed by atoms with van der Waals surface area (Å²) in [4.78, 5) is 22.4. The van der Waals surface area contributed by atoms with Gasteiger partial charge >= 0.3 is 0 Å². The minimum atomic E-state index is -0.486. The highest BCUT2D eigenvalue weighted by molar-refractivity contribution is 5.91. The predicted molar refractivity (Wildman–Crippen MR) is 71.9 cm³/mol. The summed E-state index contributed by atoms with van der Waals surface area (Å²) in [6, 6.07) is 0. The van der Waals surface area contributed by atoms with Gasteiger partial charge in [-0.3, -0.25) is 14.3 Å². The third-order valence-corrected chi connectivity index (χ3v) is 2.97. The maximum atomic E-state index is 11.7. The van der Waals surface area contributed by atoms with Gasteiger partial charge in [-0.2, -0.15) is 5.10 Å². The third-order valence-electron chi connectivity index (χ3n) is 2.97. The van der Waals surface area contributed by atoms with Gasteiger partial charge in [-0.05, 0) is 25.9 Å². The van der Waals surface area contributed by atoms with Crippen LogP contribution >= 0.6 is 0 Å². The van der Waals surface area contributed by atoms with E-state index in [1.54, 1.807) is 6.20 Å². The minimum Gasteiger partial charge on any atom is -0.368 e. The van der Waals surface area contributed by atoms with Gasteiger partial charge in [0.15, 0.2) is 0 Å². The SMILES string of the molecule is NC(=O)Cn1cc(NC(=O)COC2CCNCC2)cn1. The van der Waals surface area contributed by atoms with Gasteiger partial charge in [-0.15, -0.1) is 0 Å². The topological polar surface area (TPSA) is 111 Å². The van der Waals surface area contributed by atoms with E-state index in [0.29, 0.717) is 5.69 Å². The lowest BCUT2D eigenvalue weighted by Gasteiger charge is -2.22. The van der Waals surface area contributed by atoms with E-state index in [2.05, 4.69) is 15.7 Å². The molecule has 1 aromatic heterocycles. The lowest BCUT2D eigenvalue weighted by atomic mass is 10.1. The van der Waals surface area contributed by atoms with Crippen LogP contribution in [-0.2, 0) is 20.9 Å². The zero-order valence-electron chi connectivity index (χ0n) is 11.2. The Morgan fingerprint density at radius 3 is 2.95 bits per heavy atom. The van der Waals surface area contributed by atoms with Crippen molar-refractivity contribution in [1.82, 2.24) is 15.1 Å². The van der Waals surface area contributed by atoms with Crippen LogP contribution in [0, 0.1) is 0 Å². The molecule has 1 saturated heterocycles. The molecule has 0 radical (unpaired) electrons. The van der Waals surface area contributed by atoms with Crippen LogP contribution in [0.1, 0.15) is 12.8 Å². The Bertz CT molecular complexity index is 467. The molecule has 2 heterocycles. The fourth-order valence-electron chi connectivity index (χ4n) is 2.03. The van der Waals surface area contributed by atoms with Crippen LogP contribution in [0.25, 0.3) is 0 Å². The highest BCUT2D eigenvalue weighted by Crippen LogP contribution is 2.08. The number of carbonyl (C=O) groups excluding carboxylic acids is 2. The third kappa shape index (κ3) is 4.63. The highest BCUT2D eigenvalue weighted by Gasteiger charge is 2.15. The molecule has 1 aromatic rings. The van der Waals surface area contributed by atoms with Crippen molar-refractivity contribution in [2.24, 2.45) is 5.73 Å². The van der Waals surface area contributed by atoms with Gasteiger partial charge in [0.05, 0.1) is 18.0 Å². The molecule has 0 aromatic carbocycles. The van der Waals surface area contributed by atoms with Crippen LogP contribution in [0.4, 0.5) is 5.69 Å². The summed E-state index contributed by atoms with van der Waals surface area (Å²) in [6.45, 7) is 1.85. The van der Waals surface area contributed by atoms with Gasteiger partial charge in [0.2, 0.25) is 11.8 Å². The highest BCUT2D eigenvalue weighted by atomic mass is 16.5. The normalized spacial score (nSPS) is 16.0. The number of anilines is 1. The van der Waals surface area contributed by atoms with Crippen molar-refractivity contribution in [3.8, 4) is 0 Å². The number of piperidine rings is 1. The van der Waals surface area contributed by atoms with Crippen molar-refractivity contribution < 1.29 is 14.3 Å². The van der Waals surface area contributed by atoms with Crippen LogP contribution in [0.5, 0.6) is 0 Å². The van der Waals surface area contributed by atoms with Crippen molar-refractivity contribution in [3.63, 3.8) is 0 Å². The molecule has 0 aliphatic carbocycles. The second-order valence-corrected chi connectivity index (χ2v) is 4.70. The molecule has 0 bridgehead atoms. The van der Waals surface area contributed by atoms with Crippen molar-refractivity contribution in [2.45, 2.75) is 25.5 Å². The molecular formula is C12H19N5O3. The number of nitrogens with two attached hydrogens (primary N) is 1. The Labute approximate surface area is 116 Å². The Hall–Kier alpha value is -1.93. The number of carbonyl (C=O) groups is 2. The number of hydrogen-bond acceptors (Lipinski definition) is 5. The standard InChI is InChI=1S/C12H19N5O3/c13-11(18)7-17-6-9(5-15-17)16-12(19)8-20-10-1-3-14-4-2-10/h5-6,10,14H,1-4,7-8H2,(H2,13,18)(H,16,19). The van der Waals surface area contributed by atoms with Crippen molar-refractivity contribution in [3.05, 3.63) is 12.4 Å². The molecule has 1 aliphatic heterocycles. The molecule has 8 heteroatoms. The Balaban J connectivity index is 1.73. The number of nitrogens with one attached hydrogen (secondary N) is 2. The number of nitrogens with zero attached hydrogens (tertiary/aromatic N) is 2. The lowest BCUT2D eigenvalue weighted by Crippen LogP contribution is -2.34. The average Bonchev–Trinajstić information content (AvgIpc) is 2.84. The monoisotopic (exact) mass is 281 g/mol.